The molecule has 0 saturated heterocycles. The Bertz CT molecular complexity index is 447. The van der Waals surface area contributed by atoms with Crippen LogP contribution in [-0.2, 0) is 4.74 Å². The van der Waals surface area contributed by atoms with Crippen LogP contribution in [0.15, 0.2) is 18.2 Å². The molecule has 0 aromatic heterocycles. The van der Waals surface area contributed by atoms with Gasteiger partial charge in [0.1, 0.15) is 5.75 Å². The summed E-state index contributed by atoms with van der Waals surface area (Å²) in [7, 11) is 1.62. The minimum atomic E-state index is -0.0493. The molecule has 1 aromatic rings. The van der Waals surface area contributed by atoms with Gasteiger partial charge in [0.05, 0.1) is 18.9 Å². The minimum absolute atomic E-state index is 0.0493. The number of rotatable bonds is 7. The minimum Gasteiger partial charge on any atom is -0.492 e. The second-order valence-corrected chi connectivity index (χ2v) is 4.77. The van der Waals surface area contributed by atoms with Gasteiger partial charge in [-0.15, -0.1) is 0 Å². The average Bonchev–Trinajstić information content (AvgIpc) is 2.41. The molecule has 0 heterocycles. The number of anilines is 1. The average molecular weight is 280 g/mol. The lowest BCUT2D eigenvalue weighted by Gasteiger charge is -2.26. The van der Waals surface area contributed by atoms with Crippen LogP contribution in [-0.4, -0.2) is 43.7 Å². The van der Waals surface area contributed by atoms with Gasteiger partial charge in [0.2, 0.25) is 0 Å². The number of nitrogens with zero attached hydrogens (tertiary/aromatic N) is 1. The second kappa shape index (κ2) is 7.75. The van der Waals surface area contributed by atoms with Crippen molar-refractivity contribution in [2.45, 2.75) is 26.8 Å². The standard InChI is InChI=1S/C15H24N2O3/c1-5-20-14-7-6-12(10-13(14)16)15(18)17(11(2)3)8-9-19-4/h6-7,10-11H,5,8-9,16H2,1-4H3. The van der Waals surface area contributed by atoms with Gasteiger partial charge >= 0.3 is 0 Å². The maximum atomic E-state index is 12.5. The van der Waals surface area contributed by atoms with Crippen molar-refractivity contribution < 1.29 is 14.3 Å². The van der Waals surface area contributed by atoms with Crippen LogP contribution in [0.5, 0.6) is 5.75 Å². The van der Waals surface area contributed by atoms with Crippen LogP contribution < -0.4 is 10.5 Å². The van der Waals surface area contributed by atoms with Crippen molar-refractivity contribution in [3.05, 3.63) is 23.8 Å². The van der Waals surface area contributed by atoms with Gasteiger partial charge in [-0.3, -0.25) is 4.79 Å². The third-order valence-corrected chi connectivity index (χ3v) is 2.98. The van der Waals surface area contributed by atoms with Crippen molar-refractivity contribution in [1.29, 1.82) is 0 Å². The molecule has 0 radical (unpaired) electrons. The van der Waals surface area contributed by atoms with Gasteiger partial charge in [0.15, 0.2) is 0 Å². The Morgan fingerprint density at radius 2 is 2.10 bits per heavy atom. The predicted molar refractivity (Wildman–Crippen MR) is 80.1 cm³/mol. The summed E-state index contributed by atoms with van der Waals surface area (Å²) in [5.41, 5.74) is 6.95. The summed E-state index contributed by atoms with van der Waals surface area (Å²) >= 11 is 0. The molecule has 20 heavy (non-hydrogen) atoms. The van der Waals surface area contributed by atoms with Crippen molar-refractivity contribution >= 4 is 11.6 Å². The van der Waals surface area contributed by atoms with Gasteiger partial charge < -0.3 is 20.1 Å². The smallest absolute Gasteiger partial charge is 0.254 e. The van der Waals surface area contributed by atoms with E-state index in [1.165, 1.54) is 0 Å². The van der Waals surface area contributed by atoms with Crippen LogP contribution in [0.4, 0.5) is 5.69 Å². The van der Waals surface area contributed by atoms with Gasteiger partial charge in [-0.25, -0.2) is 0 Å². The summed E-state index contributed by atoms with van der Waals surface area (Å²) in [6.45, 7) is 7.46. The van der Waals surface area contributed by atoms with E-state index < -0.39 is 0 Å². The predicted octanol–water partition coefficient (Wildman–Crippen LogP) is 2.16. The van der Waals surface area contributed by atoms with E-state index in [0.29, 0.717) is 36.8 Å². The molecule has 0 spiro atoms. The fourth-order valence-electron chi connectivity index (χ4n) is 1.92. The summed E-state index contributed by atoms with van der Waals surface area (Å²) in [5, 5.41) is 0. The summed E-state index contributed by atoms with van der Waals surface area (Å²) in [6.07, 6.45) is 0. The van der Waals surface area contributed by atoms with E-state index in [2.05, 4.69) is 0 Å². The fraction of sp³-hybridized carbons (Fsp3) is 0.533. The van der Waals surface area contributed by atoms with E-state index in [1.54, 1.807) is 30.2 Å². The zero-order chi connectivity index (χ0) is 15.1. The van der Waals surface area contributed by atoms with Crippen LogP contribution in [0.2, 0.25) is 0 Å². The summed E-state index contributed by atoms with van der Waals surface area (Å²) in [5.74, 6) is 0.559. The molecule has 112 valence electrons. The molecule has 0 aliphatic heterocycles. The number of ether oxygens (including phenoxy) is 2. The molecule has 0 aliphatic carbocycles. The lowest BCUT2D eigenvalue weighted by Crippen LogP contribution is -2.39. The second-order valence-electron chi connectivity index (χ2n) is 4.77. The van der Waals surface area contributed by atoms with Gasteiger partial charge in [0.25, 0.3) is 5.91 Å². The Labute approximate surface area is 120 Å². The van der Waals surface area contributed by atoms with Crippen LogP contribution in [0.3, 0.4) is 0 Å². The maximum absolute atomic E-state index is 12.5. The molecule has 0 aliphatic rings. The number of hydrogen-bond donors (Lipinski definition) is 1. The molecule has 1 amide bonds. The lowest BCUT2D eigenvalue weighted by molar-refractivity contribution is 0.0635. The van der Waals surface area contributed by atoms with Crippen LogP contribution >= 0.6 is 0 Å². The van der Waals surface area contributed by atoms with Crippen LogP contribution in [0.25, 0.3) is 0 Å². The van der Waals surface area contributed by atoms with E-state index in [1.807, 2.05) is 20.8 Å². The molecule has 0 fully saturated rings. The topological polar surface area (TPSA) is 64.8 Å². The van der Waals surface area contributed by atoms with Crippen LogP contribution in [0, 0.1) is 0 Å². The zero-order valence-electron chi connectivity index (χ0n) is 12.7. The number of nitrogens with two attached hydrogens (primary N) is 1. The Morgan fingerprint density at radius 1 is 1.40 bits per heavy atom. The molecule has 1 aromatic carbocycles. The number of methoxy groups -OCH3 is 1. The molecule has 0 atom stereocenters. The Hall–Kier alpha value is -1.75. The number of benzene rings is 1. The van der Waals surface area contributed by atoms with Gasteiger partial charge in [0, 0.05) is 25.3 Å². The van der Waals surface area contributed by atoms with Crippen LogP contribution in [0.1, 0.15) is 31.1 Å². The van der Waals surface area contributed by atoms with E-state index in [0.717, 1.165) is 0 Å². The summed E-state index contributed by atoms with van der Waals surface area (Å²) in [4.78, 5) is 14.3. The molecular weight excluding hydrogens is 256 g/mol. The molecule has 5 nitrogen and oxygen atoms in total. The maximum Gasteiger partial charge on any atom is 0.254 e. The normalized spacial score (nSPS) is 10.7. The fourth-order valence-corrected chi connectivity index (χ4v) is 1.92. The van der Waals surface area contributed by atoms with E-state index in [4.69, 9.17) is 15.2 Å². The van der Waals surface area contributed by atoms with Crippen molar-refractivity contribution in [2.24, 2.45) is 0 Å². The summed E-state index contributed by atoms with van der Waals surface area (Å²) in [6, 6.07) is 5.24. The summed E-state index contributed by atoms with van der Waals surface area (Å²) < 4.78 is 10.4. The Morgan fingerprint density at radius 3 is 2.60 bits per heavy atom. The number of carbonyl (C=O) groups is 1. The Kier molecular flexibility index (Phi) is 6.31. The lowest BCUT2D eigenvalue weighted by atomic mass is 10.1. The van der Waals surface area contributed by atoms with Crippen molar-refractivity contribution in [3.8, 4) is 5.75 Å². The first-order valence-electron chi connectivity index (χ1n) is 6.83. The van der Waals surface area contributed by atoms with Gasteiger partial charge in [-0.1, -0.05) is 0 Å². The van der Waals surface area contributed by atoms with Crippen molar-refractivity contribution in [1.82, 2.24) is 4.90 Å². The Balaban J connectivity index is 2.91. The van der Waals surface area contributed by atoms with E-state index in [9.17, 15) is 4.79 Å². The molecular formula is C15H24N2O3. The van der Waals surface area contributed by atoms with E-state index in [-0.39, 0.29) is 11.9 Å². The van der Waals surface area contributed by atoms with Gasteiger partial charge in [-0.2, -0.15) is 0 Å². The molecule has 1 rings (SSSR count). The number of nitrogen functional groups attached to an aromatic ring is 1. The number of amides is 1. The third-order valence-electron chi connectivity index (χ3n) is 2.98. The largest absolute Gasteiger partial charge is 0.492 e. The SMILES string of the molecule is CCOc1ccc(C(=O)N(CCOC)C(C)C)cc1N. The van der Waals surface area contributed by atoms with Gasteiger partial charge in [-0.05, 0) is 39.0 Å². The number of carbonyl (C=O) groups excluding carboxylic acids is 1. The van der Waals surface area contributed by atoms with Crippen molar-refractivity contribution in [3.63, 3.8) is 0 Å². The highest BCUT2D eigenvalue weighted by Gasteiger charge is 2.19. The van der Waals surface area contributed by atoms with Crippen molar-refractivity contribution in [2.75, 3.05) is 32.6 Å². The first-order valence-corrected chi connectivity index (χ1v) is 6.83. The highest BCUT2D eigenvalue weighted by atomic mass is 16.5. The zero-order valence-corrected chi connectivity index (χ0v) is 12.7. The first-order chi connectivity index (χ1) is 9.51. The molecule has 0 saturated carbocycles. The highest BCUT2D eigenvalue weighted by molar-refractivity contribution is 5.95. The first kappa shape index (κ1) is 16.3. The monoisotopic (exact) mass is 280 g/mol. The molecule has 0 bridgehead atoms. The molecule has 0 unspecified atom stereocenters. The molecule has 5 heteroatoms. The van der Waals surface area contributed by atoms with E-state index >= 15 is 0 Å². The third kappa shape index (κ3) is 4.13. The quantitative estimate of drug-likeness (QED) is 0.777. The highest BCUT2D eigenvalue weighted by Crippen LogP contribution is 2.23. The molecule has 2 N–H and O–H groups in total. The number of hydrogen-bond acceptors (Lipinski definition) is 4.